The third kappa shape index (κ3) is 9.54. The lowest BCUT2D eigenvalue weighted by atomic mass is 10.1. The number of aliphatic imine (C=N–C) groups is 2. The molecule has 13 heteroatoms. The monoisotopic (exact) mass is 434 g/mol. The summed E-state index contributed by atoms with van der Waals surface area (Å²) in [7, 11) is 0. The van der Waals surface area contributed by atoms with Crippen molar-refractivity contribution in [3.63, 3.8) is 0 Å². The van der Waals surface area contributed by atoms with Crippen LogP contribution in [0.25, 0.3) is 0 Å². The Bertz CT molecular complexity index is 776. The van der Waals surface area contributed by atoms with Crippen molar-refractivity contribution in [3.05, 3.63) is 35.2 Å². The molecule has 1 rings (SSSR count). The SMILES string of the molecule is NC(N)=NCCC[C@H](NC(=O)[C@@H](N)CCCN=C(N)N)C(=O)N(N=O)c1ccccc1. The van der Waals surface area contributed by atoms with Crippen molar-refractivity contribution in [2.75, 3.05) is 18.1 Å². The van der Waals surface area contributed by atoms with Gasteiger partial charge in [0.2, 0.25) is 5.91 Å². The molecule has 0 saturated heterocycles. The van der Waals surface area contributed by atoms with Crippen LogP contribution in [0.2, 0.25) is 0 Å². The highest BCUT2D eigenvalue weighted by atomic mass is 16.3. The number of nitrogens with two attached hydrogens (primary N) is 5. The first kappa shape index (κ1) is 25.3. The second kappa shape index (κ2) is 13.5. The molecule has 0 aliphatic heterocycles. The third-order valence-electron chi connectivity index (χ3n) is 4.16. The Morgan fingerprint density at radius 2 is 1.48 bits per heavy atom. The van der Waals surface area contributed by atoms with E-state index in [1.165, 1.54) is 0 Å². The predicted octanol–water partition coefficient (Wildman–Crippen LogP) is -1.38. The first-order valence-electron chi connectivity index (χ1n) is 9.65. The van der Waals surface area contributed by atoms with Crippen LogP contribution in [0.5, 0.6) is 0 Å². The molecule has 13 nitrogen and oxygen atoms in total. The van der Waals surface area contributed by atoms with Crippen LogP contribution in [0.4, 0.5) is 5.69 Å². The molecule has 170 valence electrons. The van der Waals surface area contributed by atoms with Gasteiger partial charge in [-0.3, -0.25) is 19.6 Å². The summed E-state index contributed by atoms with van der Waals surface area (Å²) in [4.78, 5) is 44.5. The molecule has 11 N–H and O–H groups in total. The van der Waals surface area contributed by atoms with E-state index in [0.717, 1.165) is 0 Å². The number of nitrogens with one attached hydrogen (secondary N) is 1. The molecule has 0 unspecified atom stereocenters. The Labute approximate surface area is 180 Å². The first-order valence-corrected chi connectivity index (χ1v) is 9.65. The van der Waals surface area contributed by atoms with Gasteiger partial charge in [0.1, 0.15) is 6.04 Å². The summed E-state index contributed by atoms with van der Waals surface area (Å²) in [5.74, 6) is -1.39. The number of nitrogens with zero attached hydrogens (tertiary/aromatic N) is 4. The number of benzene rings is 1. The van der Waals surface area contributed by atoms with Crippen molar-refractivity contribution in [2.24, 2.45) is 43.9 Å². The van der Waals surface area contributed by atoms with E-state index >= 15 is 0 Å². The van der Waals surface area contributed by atoms with E-state index in [9.17, 15) is 14.5 Å². The number of amides is 2. The number of guanidine groups is 2. The summed E-state index contributed by atoms with van der Waals surface area (Å²) in [6, 6.07) is 6.19. The Morgan fingerprint density at radius 3 is 2.00 bits per heavy atom. The Hall–Kier alpha value is -3.74. The number of carbonyl (C=O) groups is 2. The molecule has 0 radical (unpaired) electrons. The summed E-state index contributed by atoms with van der Waals surface area (Å²) >= 11 is 0. The lowest BCUT2D eigenvalue weighted by Crippen LogP contribution is -2.51. The molecular weight excluding hydrogens is 404 g/mol. The number of rotatable bonds is 13. The van der Waals surface area contributed by atoms with Crippen LogP contribution in [0, 0.1) is 4.91 Å². The molecule has 0 bridgehead atoms. The second-order valence-corrected chi connectivity index (χ2v) is 6.63. The minimum Gasteiger partial charge on any atom is -0.370 e. The lowest BCUT2D eigenvalue weighted by Gasteiger charge is -2.23. The normalized spacial score (nSPS) is 12.2. The Kier molecular flexibility index (Phi) is 11.0. The summed E-state index contributed by atoms with van der Waals surface area (Å²) in [6.07, 6.45) is 1.31. The van der Waals surface area contributed by atoms with Crippen LogP contribution in [-0.2, 0) is 9.59 Å². The fourth-order valence-corrected chi connectivity index (χ4v) is 2.62. The van der Waals surface area contributed by atoms with E-state index in [2.05, 4.69) is 20.6 Å². The Balaban J connectivity index is 2.85. The maximum Gasteiger partial charge on any atom is 0.272 e. The first-order chi connectivity index (χ1) is 14.8. The average Bonchev–Trinajstić information content (AvgIpc) is 2.73. The van der Waals surface area contributed by atoms with Crippen molar-refractivity contribution in [1.82, 2.24) is 5.32 Å². The molecule has 2 amide bonds. The molecular formula is C18H30N10O3. The molecule has 0 aromatic heterocycles. The van der Waals surface area contributed by atoms with Crippen LogP contribution in [-0.4, -0.2) is 48.9 Å². The number of hydrogen-bond donors (Lipinski definition) is 6. The molecule has 0 heterocycles. The van der Waals surface area contributed by atoms with Crippen molar-refractivity contribution >= 4 is 29.4 Å². The van der Waals surface area contributed by atoms with Gasteiger partial charge in [-0.15, -0.1) is 4.91 Å². The van der Waals surface area contributed by atoms with Crippen molar-refractivity contribution < 1.29 is 9.59 Å². The van der Waals surface area contributed by atoms with Crippen LogP contribution in [0.15, 0.2) is 45.6 Å². The molecule has 1 aromatic rings. The van der Waals surface area contributed by atoms with Gasteiger partial charge < -0.3 is 34.0 Å². The largest absolute Gasteiger partial charge is 0.370 e. The zero-order valence-electron chi connectivity index (χ0n) is 17.2. The number of para-hydroxylation sites is 1. The molecule has 0 fully saturated rings. The van der Waals surface area contributed by atoms with Gasteiger partial charge in [-0.1, -0.05) is 18.2 Å². The maximum atomic E-state index is 12.9. The average molecular weight is 435 g/mol. The van der Waals surface area contributed by atoms with E-state index in [4.69, 9.17) is 28.7 Å². The van der Waals surface area contributed by atoms with Gasteiger partial charge in [0.15, 0.2) is 11.9 Å². The van der Waals surface area contributed by atoms with E-state index in [1.807, 2.05) is 0 Å². The molecule has 2 atom stereocenters. The van der Waals surface area contributed by atoms with Gasteiger partial charge in [0, 0.05) is 13.1 Å². The minimum absolute atomic E-state index is 0.0492. The minimum atomic E-state index is -1.05. The molecule has 31 heavy (non-hydrogen) atoms. The van der Waals surface area contributed by atoms with Crippen molar-refractivity contribution in [3.8, 4) is 0 Å². The summed E-state index contributed by atoms with van der Waals surface area (Å²) in [5.41, 5.74) is 27.3. The highest BCUT2D eigenvalue weighted by molar-refractivity contribution is 5.99. The number of hydrogen-bond acceptors (Lipinski definition) is 7. The van der Waals surface area contributed by atoms with Gasteiger partial charge in [-0.05, 0) is 37.8 Å². The maximum absolute atomic E-state index is 12.9. The highest BCUT2D eigenvalue weighted by Crippen LogP contribution is 2.16. The van der Waals surface area contributed by atoms with Crippen molar-refractivity contribution in [2.45, 2.75) is 37.8 Å². The Morgan fingerprint density at radius 1 is 0.935 bits per heavy atom. The summed E-state index contributed by atoms with van der Waals surface area (Å²) in [6.45, 7) is 0.563. The fraction of sp³-hybridized carbons (Fsp3) is 0.444. The fourth-order valence-electron chi connectivity index (χ4n) is 2.62. The van der Waals surface area contributed by atoms with E-state index in [1.54, 1.807) is 30.3 Å². The molecule has 0 saturated carbocycles. The zero-order valence-corrected chi connectivity index (χ0v) is 17.2. The smallest absolute Gasteiger partial charge is 0.272 e. The molecule has 0 aliphatic carbocycles. The van der Waals surface area contributed by atoms with Crippen LogP contribution in [0.3, 0.4) is 0 Å². The van der Waals surface area contributed by atoms with Gasteiger partial charge in [0.05, 0.1) is 17.0 Å². The van der Waals surface area contributed by atoms with Gasteiger partial charge in [-0.25, -0.2) is 0 Å². The van der Waals surface area contributed by atoms with E-state index in [0.29, 0.717) is 30.8 Å². The second-order valence-electron chi connectivity index (χ2n) is 6.63. The quantitative estimate of drug-likeness (QED) is 0.0709. The van der Waals surface area contributed by atoms with Gasteiger partial charge >= 0.3 is 0 Å². The topological polar surface area (TPSA) is 234 Å². The highest BCUT2D eigenvalue weighted by Gasteiger charge is 2.29. The van der Waals surface area contributed by atoms with Crippen molar-refractivity contribution in [1.29, 1.82) is 0 Å². The molecule has 0 spiro atoms. The van der Waals surface area contributed by atoms with Gasteiger partial charge in [-0.2, -0.15) is 5.01 Å². The van der Waals surface area contributed by atoms with Crippen LogP contribution < -0.4 is 39.0 Å². The lowest BCUT2D eigenvalue weighted by molar-refractivity contribution is -0.128. The van der Waals surface area contributed by atoms with Gasteiger partial charge in [0.25, 0.3) is 5.91 Å². The number of anilines is 1. The number of nitroso groups, excluding NO2 is 1. The summed E-state index contributed by atoms with van der Waals surface area (Å²) in [5, 5.41) is 6.09. The van der Waals surface area contributed by atoms with Crippen LogP contribution in [0.1, 0.15) is 25.7 Å². The molecule has 1 aromatic carbocycles. The summed E-state index contributed by atoms with van der Waals surface area (Å²) < 4.78 is 0. The standard InChI is InChI=1S/C18H30N10O3/c19-13(8-4-10-24-17(20)21)15(29)26-14(9-5-11-25-18(22)23)16(30)28(27-31)12-6-2-1-3-7-12/h1-3,6-7,13-14H,4-5,8-11,19H2,(H,26,29)(H4,20,21,24)(H4,22,23,25)/t13-,14-/m0/s1. The number of carbonyl (C=O) groups excluding carboxylic acids is 2. The van der Waals surface area contributed by atoms with E-state index < -0.39 is 23.9 Å². The molecule has 0 aliphatic rings. The van der Waals surface area contributed by atoms with E-state index in [-0.39, 0.29) is 30.6 Å². The third-order valence-corrected chi connectivity index (χ3v) is 4.16. The predicted molar refractivity (Wildman–Crippen MR) is 119 cm³/mol. The van der Waals surface area contributed by atoms with Crippen LogP contribution >= 0.6 is 0 Å². The zero-order chi connectivity index (χ0) is 23.2.